The lowest BCUT2D eigenvalue weighted by atomic mass is 10.1. The molecule has 0 aromatic heterocycles. The Labute approximate surface area is 94.4 Å². The molecule has 1 N–H and O–H groups in total. The molecule has 1 aromatic carbocycles. The van der Waals surface area contributed by atoms with Crippen molar-refractivity contribution in [1.29, 1.82) is 5.26 Å². The number of benzene rings is 1. The summed E-state index contributed by atoms with van der Waals surface area (Å²) in [5, 5.41) is 11.2. The molecule has 0 aliphatic rings. The summed E-state index contributed by atoms with van der Waals surface area (Å²) in [5.41, 5.74) is 1.36. The molecule has 0 fully saturated rings. The predicted molar refractivity (Wildman–Crippen MR) is 62.0 cm³/mol. The van der Waals surface area contributed by atoms with E-state index in [1.807, 2.05) is 12.1 Å². The van der Waals surface area contributed by atoms with E-state index in [1.165, 1.54) is 6.08 Å². The minimum absolute atomic E-state index is 0.210. The van der Waals surface area contributed by atoms with E-state index in [0.29, 0.717) is 5.56 Å². The first-order chi connectivity index (χ1) is 7.76. The van der Waals surface area contributed by atoms with Crippen LogP contribution in [0, 0.1) is 23.7 Å². The fraction of sp³-hybridized carbons (Fsp3) is 0.0769. The fourth-order valence-corrected chi connectivity index (χ4v) is 1.08. The van der Waals surface area contributed by atoms with Crippen molar-refractivity contribution >= 4 is 12.0 Å². The minimum Gasteiger partial charge on any atom is -0.342 e. The quantitative estimate of drug-likeness (QED) is 0.604. The first-order valence-corrected chi connectivity index (χ1v) is 4.66. The average Bonchev–Trinajstić information content (AvgIpc) is 2.34. The van der Waals surface area contributed by atoms with Gasteiger partial charge in [0.15, 0.2) is 0 Å². The van der Waals surface area contributed by atoms with Crippen LogP contribution >= 0.6 is 0 Å². The molecule has 0 bridgehead atoms. The molecule has 78 valence electrons. The molecule has 0 spiro atoms. The van der Waals surface area contributed by atoms with E-state index in [1.54, 1.807) is 24.3 Å². The summed E-state index contributed by atoms with van der Waals surface area (Å²) in [5.74, 6) is 2.06. The van der Waals surface area contributed by atoms with Crippen molar-refractivity contribution in [3.63, 3.8) is 0 Å². The number of hydrogen-bond donors (Lipinski definition) is 1. The van der Waals surface area contributed by atoms with Gasteiger partial charge in [0.05, 0.1) is 18.2 Å². The summed E-state index contributed by atoms with van der Waals surface area (Å²) in [6.07, 6.45) is 8.01. The SMILES string of the molecule is C#CCNC(=O)/C=C/c1cccc(C#N)c1. The van der Waals surface area contributed by atoms with Gasteiger partial charge in [0.1, 0.15) is 0 Å². The molecule has 1 rings (SSSR count). The van der Waals surface area contributed by atoms with Gasteiger partial charge in [-0.25, -0.2) is 0 Å². The maximum Gasteiger partial charge on any atom is 0.244 e. The number of amides is 1. The van der Waals surface area contributed by atoms with Crippen LogP contribution in [0.1, 0.15) is 11.1 Å². The molecule has 0 saturated heterocycles. The molecule has 0 unspecified atom stereocenters. The molecule has 0 saturated carbocycles. The number of carbonyl (C=O) groups is 1. The molecule has 1 amide bonds. The normalized spacial score (nSPS) is 9.38. The number of carbonyl (C=O) groups excluding carboxylic acids is 1. The highest BCUT2D eigenvalue weighted by molar-refractivity contribution is 5.91. The van der Waals surface area contributed by atoms with Crippen molar-refractivity contribution in [2.45, 2.75) is 0 Å². The zero-order valence-corrected chi connectivity index (χ0v) is 8.60. The van der Waals surface area contributed by atoms with E-state index in [-0.39, 0.29) is 12.5 Å². The summed E-state index contributed by atoms with van der Waals surface area (Å²) < 4.78 is 0. The van der Waals surface area contributed by atoms with E-state index in [0.717, 1.165) is 5.56 Å². The molecule has 3 heteroatoms. The third-order valence-electron chi connectivity index (χ3n) is 1.81. The fourth-order valence-electron chi connectivity index (χ4n) is 1.08. The second kappa shape index (κ2) is 6.06. The summed E-state index contributed by atoms with van der Waals surface area (Å²) in [6, 6.07) is 9.00. The molecule has 3 nitrogen and oxygen atoms in total. The highest BCUT2D eigenvalue weighted by atomic mass is 16.1. The highest BCUT2D eigenvalue weighted by Crippen LogP contribution is 2.05. The molecule has 0 radical (unpaired) electrons. The van der Waals surface area contributed by atoms with Gasteiger partial charge in [-0.1, -0.05) is 18.1 Å². The van der Waals surface area contributed by atoms with Crippen LogP contribution in [0.3, 0.4) is 0 Å². The second-order valence-electron chi connectivity index (χ2n) is 2.99. The Hall–Kier alpha value is -2.52. The van der Waals surface area contributed by atoms with Gasteiger partial charge < -0.3 is 5.32 Å². The Morgan fingerprint density at radius 1 is 1.56 bits per heavy atom. The second-order valence-corrected chi connectivity index (χ2v) is 2.99. The monoisotopic (exact) mass is 210 g/mol. The average molecular weight is 210 g/mol. The summed E-state index contributed by atoms with van der Waals surface area (Å²) in [4.78, 5) is 11.2. The van der Waals surface area contributed by atoms with Crippen LogP contribution in [0.5, 0.6) is 0 Å². The van der Waals surface area contributed by atoms with E-state index < -0.39 is 0 Å². The standard InChI is InChI=1S/C13H10N2O/c1-2-8-15-13(16)7-6-11-4-3-5-12(9-11)10-14/h1,3-7,9H,8H2,(H,15,16)/b7-6+. The van der Waals surface area contributed by atoms with Gasteiger partial charge in [0.25, 0.3) is 0 Å². The van der Waals surface area contributed by atoms with Crippen LogP contribution < -0.4 is 5.32 Å². The van der Waals surface area contributed by atoms with E-state index >= 15 is 0 Å². The largest absolute Gasteiger partial charge is 0.342 e. The van der Waals surface area contributed by atoms with Gasteiger partial charge in [-0.3, -0.25) is 4.79 Å². The van der Waals surface area contributed by atoms with Crippen molar-refractivity contribution in [2.75, 3.05) is 6.54 Å². The van der Waals surface area contributed by atoms with Crippen LogP contribution in [0.2, 0.25) is 0 Å². The molecule has 0 aliphatic heterocycles. The molecule has 0 heterocycles. The van der Waals surface area contributed by atoms with E-state index in [9.17, 15) is 4.79 Å². The van der Waals surface area contributed by atoms with Crippen LogP contribution in [0.15, 0.2) is 30.3 Å². The third kappa shape index (κ3) is 3.69. The number of rotatable bonds is 3. The van der Waals surface area contributed by atoms with Crippen molar-refractivity contribution in [3.05, 3.63) is 41.5 Å². The Morgan fingerprint density at radius 3 is 3.06 bits per heavy atom. The zero-order chi connectivity index (χ0) is 11.8. The first kappa shape index (κ1) is 11.6. The van der Waals surface area contributed by atoms with Crippen molar-refractivity contribution in [1.82, 2.24) is 5.32 Å². The highest BCUT2D eigenvalue weighted by Gasteiger charge is 1.94. The molecular weight excluding hydrogens is 200 g/mol. The van der Waals surface area contributed by atoms with Gasteiger partial charge in [-0.2, -0.15) is 5.26 Å². The van der Waals surface area contributed by atoms with Crippen molar-refractivity contribution < 1.29 is 4.79 Å². The van der Waals surface area contributed by atoms with Crippen LogP contribution in [-0.2, 0) is 4.79 Å². The van der Waals surface area contributed by atoms with Gasteiger partial charge >= 0.3 is 0 Å². The Kier molecular flexibility index (Phi) is 4.37. The van der Waals surface area contributed by atoms with Crippen molar-refractivity contribution in [2.24, 2.45) is 0 Å². The lowest BCUT2D eigenvalue weighted by molar-refractivity contribution is -0.116. The number of hydrogen-bond acceptors (Lipinski definition) is 2. The summed E-state index contributed by atoms with van der Waals surface area (Å²) in [6.45, 7) is 0.210. The number of nitriles is 1. The topological polar surface area (TPSA) is 52.9 Å². The third-order valence-corrected chi connectivity index (χ3v) is 1.81. The lowest BCUT2D eigenvalue weighted by Crippen LogP contribution is -2.20. The van der Waals surface area contributed by atoms with Gasteiger partial charge in [0.2, 0.25) is 5.91 Å². The van der Waals surface area contributed by atoms with E-state index in [4.69, 9.17) is 11.7 Å². The van der Waals surface area contributed by atoms with Gasteiger partial charge in [-0.15, -0.1) is 6.42 Å². The van der Waals surface area contributed by atoms with Gasteiger partial charge in [0, 0.05) is 6.08 Å². The van der Waals surface area contributed by atoms with Crippen molar-refractivity contribution in [3.8, 4) is 18.4 Å². The van der Waals surface area contributed by atoms with E-state index in [2.05, 4.69) is 11.2 Å². The Morgan fingerprint density at radius 2 is 2.38 bits per heavy atom. The molecule has 0 atom stereocenters. The molecule has 1 aromatic rings. The zero-order valence-electron chi connectivity index (χ0n) is 8.60. The first-order valence-electron chi connectivity index (χ1n) is 4.66. The smallest absolute Gasteiger partial charge is 0.244 e. The maximum absolute atomic E-state index is 11.2. The number of nitrogens with zero attached hydrogens (tertiary/aromatic N) is 1. The minimum atomic E-state index is -0.250. The Balaban J connectivity index is 2.66. The number of terminal acetylenes is 1. The lowest BCUT2D eigenvalue weighted by Gasteiger charge is -1.95. The Bertz CT molecular complexity index is 489. The van der Waals surface area contributed by atoms with Gasteiger partial charge in [-0.05, 0) is 23.8 Å². The van der Waals surface area contributed by atoms with Crippen LogP contribution in [0.25, 0.3) is 6.08 Å². The predicted octanol–water partition coefficient (Wildman–Crippen LogP) is 1.32. The number of nitrogens with one attached hydrogen (secondary N) is 1. The molecule has 0 aliphatic carbocycles. The summed E-state index contributed by atoms with van der Waals surface area (Å²) >= 11 is 0. The molecule has 16 heavy (non-hydrogen) atoms. The molecular formula is C13H10N2O. The van der Waals surface area contributed by atoms with Crippen LogP contribution in [-0.4, -0.2) is 12.5 Å². The summed E-state index contributed by atoms with van der Waals surface area (Å²) in [7, 11) is 0. The van der Waals surface area contributed by atoms with Crippen LogP contribution in [0.4, 0.5) is 0 Å². The maximum atomic E-state index is 11.2.